The average molecular weight is 619 g/mol. The van der Waals surface area contributed by atoms with Gasteiger partial charge in [-0.2, -0.15) is 0 Å². The van der Waals surface area contributed by atoms with Crippen molar-refractivity contribution in [3.05, 3.63) is 158 Å². The lowest BCUT2D eigenvalue weighted by Gasteiger charge is -2.18. The van der Waals surface area contributed by atoms with Crippen LogP contribution in [0.1, 0.15) is 0 Å². The van der Waals surface area contributed by atoms with E-state index in [4.69, 9.17) is 0 Å². The van der Waals surface area contributed by atoms with Gasteiger partial charge in [-0.15, -0.1) is 22.7 Å². The molecule has 10 aromatic rings. The van der Waals surface area contributed by atoms with Gasteiger partial charge in [0.05, 0.1) is 0 Å². The van der Waals surface area contributed by atoms with E-state index in [9.17, 15) is 0 Å². The smallest absolute Gasteiger partial charge is 0.0448 e. The van der Waals surface area contributed by atoms with Crippen LogP contribution in [0.5, 0.6) is 0 Å². The topological polar surface area (TPSA) is 0 Å². The Morgan fingerprint density at radius 2 is 0.609 bits per heavy atom. The molecule has 0 saturated carbocycles. The molecule has 0 aliphatic carbocycles. The fourth-order valence-electron chi connectivity index (χ4n) is 7.46. The Bertz CT molecular complexity index is 2630. The summed E-state index contributed by atoms with van der Waals surface area (Å²) in [6.07, 6.45) is 0. The first-order valence-corrected chi connectivity index (χ1v) is 17.3. The molecular weight excluding hydrogens is 593 g/mol. The van der Waals surface area contributed by atoms with Crippen LogP contribution >= 0.6 is 22.7 Å². The van der Waals surface area contributed by atoms with E-state index < -0.39 is 0 Å². The highest BCUT2D eigenvalue weighted by molar-refractivity contribution is 7.29. The summed E-state index contributed by atoms with van der Waals surface area (Å²) in [6, 6.07) is 58.2. The third-order valence-corrected chi connectivity index (χ3v) is 11.9. The SMILES string of the molecule is c1ccc(-c2c3ccccc3c(-c3ccc(-c4c5sc6ccccc6c5cc5c4sc4ccccc45)cc3)c3ccccc23)cc1. The van der Waals surface area contributed by atoms with Crippen LogP contribution in [-0.2, 0) is 0 Å². The van der Waals surface area contributed by atoms with Gasteiger partial charge in [0.15, 0.2) is 0 Å². The normalized spacial score (nSPS) is 11.9. The zero-order valence-corrected chi connectivity index (χ0v) is 26.5. The maximum Gasteiger partial charge on any atom is 0.0448 e. The fraction of sp³-hybridized carbons (Fsp3) is 0. The largest absolute Gasteiger partial charge is 0.134 e. The first-order chi connectivity index (χ1) is 22.8. The summed E-state index contributed by atoms with van der Waals surface area (Å²) in [5.41, 5.74) is 7.72. The molecule has 10 rings (SSSR count). The summed E-state index contributed by atoms with van der Waals surface area (Å²) in [6.45, 7) is 0. The second-order valence-corrected chi connectivity index (χ2v) is 14.1. The Labute approximate surface area is 274 Å². The second-order valence-electron chi connectivity index (χ2n) is 12.0. The van der Waals surface area contributed by atoms with E-state index in [0.29, 0.717) is 0 Å². The predicted octanol–water partition coefficient (Wildman–Crippen LogP) is 13.7. The van der Waals surface area contributed by atoms with Crippen molar-refractivity contribution in [3.8, 4) is 33.4 Å². The van der Waals surface area contributed by atoms with Crippen LogP contribution in [0.15, 0.2) is 158 Å². The second kappa shape index (κ2) is 10.1. The Morgan fingerprint density at radius 1 is 0.261 bits per heavy atom. The Balaban J connectivity index is 1.24. The van der Waals surface area contributed by atoms with Gasteiger partial charge in [-0.1, -0.05) is 140 Å². The molecule has 0 amide bonds. The minimum Gasteiger partial charge on any atom is -0.134 e. The maximum absolute atomic E-state index is 2.44. The third-order valence-electron chi connectivity index (χ3n) is 9.47. The van der Waals surface area contributed by atoms with Gasteiger partial charge >= 0.3 is 0 Å². The van der Waals surface area contributed by atoms with E-state index in [0.717, 1.165) is 0 Å². The van der Waals surface area contributed by atoms with Gasteiger partial charge in [-0.05, 0) is 67.6 Å². The molecule has 0 fully saturated rings. The van der Waals surface area contributed by atoms with Crippen molar-refractivity contribution in [3.63, 3.8) is 0 Å². The van der Waals surface area contributed by atoms with E-state index in [-0.39, 0.29) is 0 Å². The molecule has 8 aromatic carbocycles. The molecule has 0 N–H and O–H groups in total. The highest BCUT2D eigenvalue weighted by Crippen LogP contribution is 2.49. The summed E-state index contributed by atoms with van der Waals surface area (Å²) >= 11 is 3.84. The lowest BCUT2D eigenvalue weighted by molar-refractivity contribution is 1.65. The summed E-state index contributed by atoms with van der Waals surface area (Å²) in [7, 11) is 0. The number of fused-ring (bicyclic) bond motifs is 8. The Hall–Kier alpha value is -5.28. The van der Waals surface area contributed by atoms with Crippen molar-refractivity contribution in [2.75, 3.05) is 0 Å². The van der Waals surface area contributed by atoms with Gasteiger partial charge in [-0.25, -0.2) is 0 Å². The maximum atomic E-state index is 2.44. The number of rotatable bonds is 3. The quantitative estimate of drug-likeness (QED) is 0.173. The van der Waals surface area contributed by atoms with Crippen molar-refractivity contribution < 1.29 is 0 Å². The molecule has 46 heavy (non-hydrogen) atoms. The average Bonchev–Trinajstić information content (AvgIpc) is 3.68. The molecule has 0 unspecified atom stereocenters. The molecule has 0 spiro atoms. The molecule has 0 aliphatic heterocycles. The van der Waals surface area contributed by atoms with Crippen molar-refractivity contribution in [1.82, 2.24) is 0 Å². The predicted molar refractivity (Wildman–Crippen MR) is 204 cm³/mol. The molecule has 2 heterocycles. The van der Waals surface area contributed by atoms with Gasteiger partial charge < -0.3 is 0 Å². The lowest BCUT2D eigenvalue weighted by Crippen LogP contribution is -1.90. The molecule has 0 radical (unpaired) electrons. The molecule has 0 saturated heterocycles. The van der Waals surface area contributed by atoms with Crippen LogP contribution in [0.2, 0.25) is 0 Å². The standard InChI is InChI=1S/C44H26S2/c1-2-12-27(13-3-1)40-32-16-4-6-18-34(32)41(35-19-7-5-17-33(35)40)28-22-24-29(25-23-28)42-43-36(30-14-8-10-20-38(30)45-43)26-37-31-15-9-11-21-39(31)46-44(37)42/h1-26H. The number of hydrogen-bond acceptors (Lipinski definition) is 2. The highest BCUT2D eigenvalue weighted by atomic mass is 32.1. The summed E-state index contributed by atoms with van der Waals surface area (Å²) in [4.78, 5) is 0. The van der Waals surface area contributed by atoms with Crippen molar-refractivity contribution in [2.45, 2.75) is 0 Å². The molecule has 0 nitrogen and oxygen atoms in total. The molecule has 2 heteroatoms. The lowest BCUT2D eigenvalue weighted by atomic mass is 9.85. The summed E-state index contributed by atoms with van der Waals surface area (Å²) in [5.74, 6) is 0. The first-order valence-electron chi connectivity index (χ1n) is 15.7. The van der Waals surface area contributed by atoms with Gasteiger partial charge in [0.1, 0.15) is 0 Å². The monoisotopic (exact) mass is 618 g/mol. The van der Waals surface area contributed by atoms with E-state index in [1.54, 1.807) is 0 Å². The van der Waals surface area contributed by atoms with Gasteiger partial charge in [-0.3, -0.25) is 0 Å². The van der Waals surface area contributed by atoms with E-state index in [2.05, 4.69) is 158 Å². The zero-order chi connectivity index (χ0) is 30.2. The molecule has 2 aromatic heterocycles. The summed E-state index contributed by atoms with van der Waals surface area (Å²) < 4.78 is 5.43. The number of hydrogen-bond donors (Lipinski definition) is 0. The third kappa shape index (κ3) is 3.78. The van der Waals surface area contributed by atoms with Crippen LogP contribution in [0.3, 0.4) is 0 Å². The highest BCUT2D eigenvalue weighted by Gasteiger charge is 2.20. The van der Waals surface area contributed by atoms with Crippen LogP contribution in [-0.4, -0.2) is 0 Å². The van der Waals surface area contributed by atoms with Crippen LogP contribution in [0, 0.1) is 0 Å². The van der Waals surface area contributed by atoms with Gasteiger partial charge in [0.2, 0.25) is 0 Å². The first kappa shape index (κ1) is 26.0. The van der Waals surface area contributed by atoms with Crippen molar-refractivity contribution in [2.24, 2.45) is 0 Å². The summed E-state index contributed by atoms with van der Waals surface area (Å²) in [5, 5.41) is 10.5. The number of thiophene rings is 2. The van der Waals surface area contributed by atoms with Gasteiger partial charge in [0.25, 0.3) is 0 Å². The van der Waals surface area contributed by atoms with Crippen LogP contribution in [0.4, 0.5) is 0 Å². The molecular formula is C44H26S2. The van der Waals surface area contributed by atoms with E-state index in [1.165, 1.54) is 95.3 Å². The van der Waals surface area contributed by atoms with E-state index >= 15 is 0 Å². The molecule has 0 aliphatic rings. The fourth-order valence-corrected chi connectivity index (χ4v) is 10.0. The Morgan fingerprint density at radius 3 is 1.07 bits per heavy atom. The van der Waals surface area contributed by atoms with Crippen molar-refractivity contribution in [1.29, 1.82) is 0 Å². The zero-order valence-electron chi connectivity index (χ0n) is 24.8. The molecule has 0 atom stereocenters. The van der Waals surface area contributed by atoms with E-state index in [1.807, 2.05) is 22.7 Å². The minimum atomic E-state index is 1.24. The van der Waals surface area contributed by atoms with Gasteiger partial charge in [0, 0.05) is 45.9 Å². The molecule has 0 bridgehead atoms. The Kier molecular flexibility index (Phi) is 5.72. The van der Waals surface area contributed by atoms with Crippen LogP contribution in [0.25, 0.3) is 95.3 Å². The minimum absolute atomic E-state index is 1.24. The van der Waals surface area contributed by atoms with Crippen LogP contribution < -0.4 is 0 Å². The molecule has 214 valence electrons. The number of benzene rings is 8. The van der Waals surface area contributed by atoms with Crippen molar-refractivity contribution >= 4 is 84.6 Å².